The minimum absolute atomic E-state index is 0.732. The van der Waals surface area contributed by atoms with E-state index in [9.17, 15) is 10.1 Å². The van der Waals surface area contributed by atoms with Crippen LogP contribution >= 0.6 is 11.3 Å². The van der Waals surface area contributed by atoms with Crippen molar-refractivity contribution in [1.82, 2.24) is 0 Å². The molecule has 1 heterocycles. The highest BCUT2D eigenvalue weighted by molar-refractivity contribution is 7.21. The number of hydrogen-bond donors (Lipinski definition) is 2. The van der Waals surface area contributed by atoms with Crippen LogP contribution in [-0.2, 0) is 4.65 Å². The van der Waals surface area contributed by atoms with Gasteiger partial charge in [0, 0.05) is 29.9 Å². The largest absolute Gasteiger partial charge is 0.502 e. The van der Waals surface area contributed by atoms with E-state index >= 15 is 0 Å². The molecule has 2 N–H and O–H groups in total. The van der Waals surface area contributed by atoms with Crippen LogP contribution in [0.2, 0.25) is 0 Å². The summed E-state index contributed by atoms with van der Waals surface area (Å²) in [5, 5.41) is 22.0. The monoisotopic (exact) mass is 271 g/mol. The first-order chi connectivity index (χ1) is 8.04. The maximum atomic E-state index is 10.1. The molecule has 0 saturated carbocycles. The fraction of sp³-hybridized carbons (Fsp3) is 0.667. The van der Waals surface area contributed by atoms with Crippen molar-refractivity contribution in [3.63, 3.8) is 0 Å². The summed E-state index contributed by atoms with van der Waals surface area (Å²) >= 11 is 1.44. The van der Waals surface area contributed by atoms with Crippen molar-refractivity contribution in [2.45, 2.75) is 38.9 Å². The van der Waals surface area contributed by atoms with Gasteiger partial charge in [0.1, 0.15) is 0 Å². The third-order valence-corrected chi connectivity index (χ3v) is 4.20. The van der Waals surface area contributed by atoms with E-state index in [0.29, 0.717) is 0 Å². The fourth-order valence-corrected chi connectivity index (χ4v) is 2.08. The zero-order valence-electron chi connectivity index (χ0n) is 11.9. The number of nitrogens with zero attached hydrogens (tertiary/aromatic N) is 1. The second-order valence-electron chi connectivity index (χ2n) is 5.64. The minimum atomic E-state index is -1.03. The van der Waals surface area contributed by atoms with Crippen LogP contribution in [0.3, 0.4) is 0 Å². The number of rotatable bonds is 5. The van der Waals surface area contributed by atoms with Crippen molar-refractivity contribution in [1.29, 1.82) is 0 Å². The van der Waals surface area contributed by atoms with E-state index in [4.69, 9.17) is 4.65 Å². The second-order valence-corrected chi connectivity index (χ2v) is 6.58. The molecule has 0 aliphatic heterocycles. The topological polar surface area (TPSA) is 52.9 Å². The van der Waals surface area contributed by atoms with E-state index in [-0.39, 0.29) is 0 Å². The Morgan fingerprint density at radius 2 is 1.83 bits per heavy atom. The van der Waals surface area contributed by atoms with E-state index in [1.807, 2.05) is 30.4 Å². The molecule has 0 fully saturated rings. The first-order valence-electron chi connectivity index (χ1n) is 5.88. The molecule has 0 bridgehead atoms. The highest BCUT2D eigenvalue weighted by Crippen LogP contribution is 2.26. The average molecular weight is 271 g/mol. The zero-order chi connectivity index (χ0) is 14.1. The van der Waals surface area contributed by atoms with E-state index in [1.54, 1.807) is 27.7 Å². The maximum Gasteiger partial charge on any atom is 0.502 e. The van der Waals surface area contributed by atoms with Crippen molar-refractivity contribution in [2.24, 2.45) is 0 Å². The standard InChI is InChI=1S/C12H22BNO3S/c1-11(2,15)12(3,4)17-13(16)10-7-9(8-18-10)14(5)6/h7-8,15-16H,1-6H3. The van der Waals surface area contributed by atoms with Crippen LogP contribution in [0.15, 0.2) is 11.4 Å². The van der Waals surface area contributed by atoms with Crippen molar-refractivity contribution < 1.29 is 14.8 Å². The van der Waals surface area contributed by atoms with E-state index in [2.05, 4.69) is 0 Å². The summed E-state index contributed by atoms with van der Waals surface area (Å²) < 4.78 is 6.31. The third kappa shape index (κ3) is 3.48. The van der Waals surface area contributed by atoms with Gasteiger partial charge in [-0.3, -0.25) is 0 Å². The highest BCUT2D eigenvalue weighted by atomic mass is 32.1. The van der Waals surface area contributed by atoms with Gasteiger partial charge in [0.15, 0.2) is 0 Å². The van der Waals surface area contributed by atoms with Crippen LogP contribution < -0.4 is 9.68 Å². The molecule has 0 aliphatic rings. The molecular weight excluding hydrogens is 249 g/mol. The van der Waals surface area contributed by atoms with Gasteiger partial charge in [-0.2, -0.15) is 11.3 Å². The summed E-state index contributed by atoms with van der Waals surface area (Å²) in [7, 11) is 2.87. The van der Waals surface area contributed by atoms with Gasteiger partial charge < -0.3 is 19.7 Å². The van der Waals surface area contributed by atoms with E-state index < -0.39 is 18.3 Å². The van der Waals surface area contributed by atoms with Crippen LogP contribution in [0, 0.1) is 0 Å². The number of anilines is 1. The molecule has 1 aromatic heterocycles. The van der Waals surface area contributed by atoms with Crippen LogP contribution in [-0.4, -0.2) is 42.5 Å². The Hall–Kier alpha value is -0.555. The van der Waals surface area contributed by atoms with Gasteiger partial charge in [0.2, 0.25) is 0 Å². The molecule has 0 aliphatic carbocycles. The molecule has 0 aromatic carbocycles. The predicted molar refractivity (Wildman–Crippen MR) is 77.7 cm³/mol. The summed E-state index contributed by atoms with van der Waals surface area (Å²) in [5.41, 5.74) is -0.844. The molecule has 0 spiro atoms. The van der Waals surface area contributed by atoms with E-state index in [0.717, 1.165) is 10.5 Å². The van der Waals surface area contributed by atoms with Gasteiger partial charge in [-0.1, -0.05) is 0 Å². The number of aliphatic hydroxyl groups is 1. The molecule has 0 amide bonds. The molecule has 102 valence electrons. The lowest BCUT2D eigenvalue weighted by atomic mass is 9.82. The molecule has 6 heteroatoms. The van der Waals surface area contributed by atoms with Gasteiger partial charge in [-0.15, -0.1) is 0 Å². The smallest absolute Gasteiger partial charge is 0.423 e. The first-order valence-corrected chi connectivity index (χ1v) is 6.76. The Kier molecular flexibility index (Phi) is 4.49. The first kappa shape index (κ1) is 15.5. The van der Waals surface area contributed by atoms with Gasteiger partial charge in [0.05, 0.1) is 11.2 Å². The summed E-state index contributed by atoms with van der Waals surface area (Å²) in [6.07, 6.45) is 0. The van der Waals surface area contributed by atoms with Crippen molar-refractivity contribution in [2.75, 3.05) is 19.0 Å². The Labute approximate surface area is 113 Å². The lowest BCUT2D eigenvalue weighted by Crippen LogP contribution is -2.52. The Balaban J connectivity index is 2.79. The lowest BCUT2D eigenvalue weighted by molar-refractivity contribution is -0.0981. The van der Waals surface area contributed by atoms with Gasteiger partial charge in [0.25, 0.3) is 0 Å². The third-order valence-electron chi connectivity index (χ3n) is 3.25. The summed E-state index contributed by atoms with van der Waals surface area (Å²) in [4.78, 5) is 1.97. The predicted octanol–water partition coefficient (Wildman–Crippen LogP) is 1.07. The zero-order valence-corrected chi connectivity index (χ0v) is 12.7. The second kappa shape index (κ2) is 5.21. The lowest BCUT2D eigenvalue weighted by Gasteiger charge is -2.38. The van der Waals surface area contributed by atoms with Crippen molar-refractivity contribution >= 4 is 28.9 Å². The summed E-state index contributed by atoms with van der Waals surface area (Å²) in [6.45, 7) is 6.85. The van der Waals surface area contributed by atoms with Crippen LogP contribution in [0.1, 0.15) is 27.7 Å². The molecule has 0 atom stereocenters. The molecule has 0 radical (unpaired) electrons. The maximum absolute atomic E-state index is 10.1. The number of thiophene rings is 1. The normalized spacial score (nSPS) is 12.7. The fourth-order valence-electron chi connectivity index (χ4n) is 1.19. The molecule has 1 aromatic rings. The van der Waals surface area contributed by atoms with Crippen molar-refractivity contribution in [3.05, 3.63) is 11.4 Å². The van der Waals surface area contributed by atoms with Crippen LogP contribution in [0.25, 0.3) is 0 Å². The Morgan fingerprint density at radius 3 is 2.22 bits per heavy atom. The Bertz CT molecular complexity index is 398. The van der Waals surface area contributed by atoms with E-state index in [1.165, 1.54) is 11.3 Å². The van der Waals surface area contributed by atoms with Gasteiger partial charge >= 0.3 is 7.12 Å². The highest BCUT2D eigenvalue weighted by Gasteiger charge is 2.39. The molecule has 0 unspecified atom stereocenters. The van der Waals surface area contributed by atoms with Gasteiger partial charge in [-0.05, 0) is 33.8 Å². The quantitative estimate of drug-likeness (QED) is 0.786. The van der Waals surface area contributed by atoms with Crippen molar-refractivity contribution in [3.8, 4) is 0 Å². The van der Waals surface area contributed by atoms with Gasteiger partial charge in [-0.25, -0.2) is 0 Å². The summed E-state index contributed by atoms with van der Waals surface area (Å²) in [5.74, 6) is 0. The number of hydrogen-bond acceptors (Lipinski definition) is 5. The minimum Gasteiger partial charge on any atom is -0.423 e. The molecule has 18 heavy (non-hydrogen) atoms. The summed E-state index contributed by atoms with van der Waals surface area (Å²) in [6, 6.07) is 1.88. The Morgan fingerprint density at radius 1 is 1.28 bits per heavy atom. The molecular formula is C12H22BNO3S. The molecule has 1 rings (SSSR count). The van der Waals surface area contributed by atoms with Crippen LogP contribution in [0.5, 0.6) is 0 Å². The molecule has 4 nitrogen and oxygen atoms in total. The van der Waals surface area contributed by atoms with Crippen LogP contribution in [0.4, 0.5) is 5.69 Å². The molecule has 0 saturated heterocycles. The SMILES string of the molecule is CN(C)c1csc(B(O)OC(C)(C)C(C)(C)O)c1. The average Bonchev–Trinajstić information content (AvgIpc) is 2.63.